The Balaban J connectivity index is 1.69. The van der Waals surface area contributed by atoms with E-state index in [1.165, 1.54) is 18.4 Å². The lowest BCUT2D eigenvalue weighted by Gasteiger charge is -2.28. The highest BCUT2D eigenvalue weighted by Gasteiger charge is 2.25. The summed E-state index contributed by atoms with van der Waals surface area (Å²) in [5, 5.41) is 6.76. The molecule has 2 N–H and O–H groups in total. The lowest BCUT2D eigenvalue weighted by atomic mass is 10.0. The van der Waals surface area contributed by atoms with E-state index in [-0.39, 0.29) is 6.04 Å². The first-order valence-electron chi connectivity index (χ1n) is 10.2. The summed E-state index contributed by atoms with van der Waals surface area (Å²) in [6.07, 6.45) is 5.04. The quantitative estimate of drug-likeness (QED) is 0.513. The van der Waals surface area contributed by atoms with Crippen LogP contribution in [0.5, 0.6) is 5.75 Å². The average molecular weight is 385 g/mol. The van der Waals surface area contributed by atoms with Crippen LogP contribution in [0.15, 0.2) is 52.1 Å². The summed E-state index contributed by atoms with van der Waals surface area (Å²) >= 11 is 0. The van der Waals surface area contributed by atoms with Gasteiger partial charge in [0.15, 0.2) is 5.96 Å². The van der Waals surface area contributed by atoms with Gasteiger partial charge in [0.05, 0.1) is 26.0 Å². The highest BCUT2D eigenvalue weighted by Crippen LogP contribution is 2.31. The second-order valence-electron chi connectivity index (χ2n) is 6.98. The zero-order chi connectivity index (χ0) is 19.6. The largest absolute Gasteiger partial charge is 0.496 e. The highest BCUT2D eigenvalue weighted by atomic mass is 16.5. The van der Waals surface area contributed by atoms with Crippen LogP contribution in [0.3, 0.4) is 0 Å². The number of guanidine groups is 1. The molecule has 0 aliphatic carbocycles. The predicted molar refractivity (Wildman–Crippen MR) is 113 cm³/mol. The average Bonchev–Trinajstić information content (AvgIpc) is 3.43. The molecule has 0 spiro atoms. The smallest absolute Gasteiger partial charge is 0.191 e. The maximum Gasteiger partial charge on any atom is 0.191 e. The topological polar surface area (TPSA) is 62.0 Å². The Kier molecular flexibility index (Phi) is 7.79. The van der Waals surface area contributed by atoms with Crippen LogP contribution in [0.4, 0.5) is 0 Å². The molecule has 1 unspecified atom stereocenters. The fraction of sp³-hybridized carbons (Fsp3) is 0.500. The molecule has 0 bridgehead atoms. The summed E-state index contributed by atoms with van der Waals surface area (Å²) < 4.78 is 11.0. The van der Waals surface area contributed by atoms with Gasteiger partial charge in [-0.2, -0.15) is 0 Å². The minimum Gasteiger partial charge on any atom is -0.496 e. The van der Waals surface area contributed by atoms with E-state index < -0.39 is 0 Å². The monoisotopic (exact) mass is 384 g/mol. The number of furan rings is 1. The van der Waals surface area contributed by atoms with Gasteiger partial charge in [-0.25, -0.2) is 0 Å². The third kappa shape index (κ3) is 5.52. The Morgan fingerprint density at radius 2 is 2.00 bits per heavy atom. The predicted octanol–water partition coefficient (Wildman–Crippen LogP) is 3.22. The molecular weight excluding hydrogens is 352 g/mol. The first-order chi connectivity index (χ1) is 13.8. The fourth-order valence-electron chi connectivity index (χ4n) is 3.68. The van der Waals surface area contributed by atoms with Crippen molar-refractivity contribution < 1.29 is 9.15 Å². The van der Waals surface area contributed by atoms with Crippen molar-refractivity contribution in [2.24, 2.45) is 4.99 Å². The molecule has 2 heterocycles. The van der Waals surface area contributed by atoms with Gasteiger partial charge in [0.1, 0.15) is 11.5 Å². The Hall–Kier alpha value is -2.47. The molecule has 2 aromatic rings. The molecule has 1 saturated heterocycles. The number of nitrogens with zero attached hydrogens (tertiary/aromatic N) is 2. The molecule has 1 aliphatic rings. The zero-order valence-electron chi connectivity index (χ0n) is 17.0. The number of hydrogen-bond donors (Lipinski definition) is 2. The third-order valence-electron chi connectivity index (χ3n) is 5.09. The molecule has 3 rings (SSSR count). The number of para-hydroxylation sites is 1. The lowest BCUT2D eigenvalue weighted by Crippen LogP contribution is -2.39. The van der Waals surface area contributed by atoms with Gasteiger partial charge in [-0.05, 0) is 51.1 Å². The van der Waals surface area contributed by atoms with Gasteiger partial charge in [0.2, 0.25) is 0 Å². The van der Waals surface area contributed by atoms with Crippen molar-refractivity contribution in [3.8, 4) is 5.75 Å². The van der Waals surface area contributed by atoms with Gasteiger partial charge in [0.25, 0.3) is 0 Å². The van der Waals surface area contributed by atoms with Crippen LogP contribution in [0, 0.1) is 0 Å². The van der Waals surface area contributed by atoms with Gasteiger partial charge in [-0.3, -0.25) is 9.89 Å². The number of rotatable bonds is 9. The number of nitrogens with one attached hydrogen (secondary N) is 2. The van der Waals surface area contributed by atoms with Gasteiger partial charge < -0.3 is 19.8 Å². The SMILES string of the molecule is CCNC(=NCC(c1ccccc1OC)N1CCCC1)NCCc1ccco1. The molecule has 152 valence electrons. The molecule has 1 aliphatic heterocycles. The molecular formula is C22H32N4O2. The van der Waals surface area contributed by atoms with Crippen LogP contribution in [0.25, 0.3) is 0 Å². The van der Waals surface area contributed by atoms with Gasteiger partial charge in [0, 0.05) is 25.1 Å². The van der Waals surface area contributed by atoms with Crippen LogP contribution in [0.2, 0.25) is 0 Å². The minimum absolute atomic E-state index is 0.221. The van der Waals surface area contributed by atoms with Crippen molar-refractivity contribution in [2.75, 3.05) is 39.8 Å². The third-order valence-corrected chi connectivity index (χ3v) is 5.09. The van der Waals surface area contributed by atoms with Crippen LogP contribution in [-0.2, 0) is 6.42 Å². The van der Waals surface area contributed by atoms with Gasteiger partial charge in [-0.15, -0.1) is 0 Å². The lowest BCUT2D eigenvalue weighted by molar-refractivity contribution is 0.245. The molecule has 0 saturated carbocycles. The van der Waals surface area contributed by atoms with Gasteiger partial charge in [-0.1, -0.05) is 18.2 Å². The fourth-order valence-corrected chi connectivity index (χ4v) is 3.68. The number of hydrogen-bond acceptors (Lipinski definition) is 4. The number of ether oxygens (including phenoxy) is 1. The number of likely N-dealkylation sites (tertiary alicyclic amines) is 1. The van der Waals surface area contributed by atoms with Crippen LogP contribution < -0.4 is 15.4 Å². The Bertz CT molecular complexity index is 724. The molecule has 1 fully saturated rings. The van der Waals surface area contributed by atoms with E-state index in [9.17, 15) is 0 Å². The van der Waals surface area contributed by atoms with Crippen LogP contribution in [-0.4, -0.2) is 50.7 Å². The van der Waals surface area contributed by atoms with Crippen molar-refractivity contribution in [2.45, 2.75) is 32.2 Å². The molecule has 1 atom stereocenters. The Labute approximate surface area is 168 Å². The maximum atomic E-state index is 5.63. The van der Waals surface area contributed by atoms with Crippen molar-refractivity contribution in [3.63, 3.8) is 0 Å². The molecule has 6 heteroatoms. The van der Waals surface area contributed by atoms with Crippen molar-refractivity contribution in [3.05, 3.63) is 54.0 Å². The number of aliphatic imine (C=N–C) groups is 1. The molecule has 1 aromatic carbocycles. The van der Waals surface area contributed by atoms with Gasteiger partial charge >= 0.3 is 0 Å². The molecule has 6 nitrogen and oxygen atoms in total. The van der Waals surface area contributed by atoms with Crippen molar-refractivity contribution >= 4 is 5.96 Å². The zero-order valence-corrected chi connectivity index (χ0v) is 17.0. The summed E-state index contributed by atoms with van der Waals surface area (Å²) in [5.41, 5.74) is 1.21. The summed E-state index contributed by atoms with van der Waals surface area (Å²) in [7, 11) is 1.74. The van der Waals surface area contributed by atoms with E-state index in [0.29, 0.717) is 6.54 Å². The normalized spacial score (nSPS) is 16.1. The highest BCUT2D eigenvalue weighted by molar-refractivity contribution is 5.79. The minimum atomic E-state index is 0.221. The number of methoxy groups -OCH3 is 1. The first kappa shape index (κ1) is 20.3. The number of benzene rings is 1. The van der Waals surface area contributed by atoms with E-state index in [1.54, 1.807) is 13.4 Å². The van der Waals surface area contributed by atoms with E-state index >= 15 is 0 Å². The first-order valence-corrected chi connectivity index (χ1v) is 10.2. The van der Waals surface area contributed by atoms with E-state index in [2.05, 4.69) is 34.6 Å². The van der Waals surface area contributed by atoms with Crippen molar-refractivity contribution in [1.82, 2.24) is 15.5 Å². The maximum absolute atomic E-state index is 5.63. The van der Waals surface area contributed by atoms with E-state index in [4.69, 9.17) is 14.1 Å². The summed E-state index contributed by atoms with van der Waals surface area (Å²) in [6.45, 7) is 6.61. The molecule has 1 aromatic heterocycles. The van der Waals surface area contributed by atoms with Crippen LogP contribution in [0.1, 0.15) is 37.1 Å². The standard InChI is InChI=1S/C22H32N4O2/c1-3-23-22(24-13-12-18-9-8-16-28-18)25-17-20(26-14-6-7-15-26)19-10-4-5-11-21(19)27-2/h4-5,8-11,16,20H,3,6-7,12-15,17H2,1-2H3,(H2,23,24,25). The van der Waals surface area contributed by atoms with Crippen LogP contribution >= 0.6 is 0 Å². The molecule has 0 radical (unpaired) electrons. The summed E-state index contributed by atoms with van der Waals surface area (Å²) in [6, 6.07) is 12.4. The molecule has 28 heavy (non-hydrogen) atoms. The van der Waals surface area contributed by atoms with E-state index in [0.717, 1.165) is 50.1 Å². The summed E-state index contributed by atoms with van der Waals surface area (Å²) in [5.74, 6) is 2.76. The molecule has 0 amide bonds. The van der Waals surface area contributed by atoms with E-state index in [1.807, 2.05) is 24.3 Å². The Morgan fingerprint density at radius 3 is 2.71 bits per heavy atom. The second kappa shape index (κ2) is 10.8. The Morgan fingerprint density at radius 1 is 1.18 bits per heavy atom. The summed E-state index contributed by atoms with van der Waals surface area (Å²) in [4.78, 5) is 7.42. The van der Waals surface area contributed by atoms with Crippen molar-refractivity contribution in [1.29, 1.82) is 0 Å². The second-order valence-corrected chi connectivity index (χ2v) is 6.98.